The van der Waals surface area contributed by atoms with Gasteiger partial charge in [0.05, 0.1) is 26.8 Å². The molecule has 1 heterocycles. The van der Waals surface area contributed by atoms with Gasteiger partial charge in [-0.1, -0.05) is 53.5 Å². The first-order chi connectivity index (χ1) is 22.6. The predicted octanol–water partition coefficient (Wildman–Crippen LogP) is 7.42. The van der Waals surface area contributed by atoms with Gasteiger partial charge in [-0.25, -0.2) is 9.69 Å². The highest BCUT2D eigenvalue weighted by Gasteiger charge is 2.37. The molecule has 1 aliphatic heterocycles. The molecule has 0 radical (unpaired) electrons. The van der Waals surface area contributed by atoms with Gasteiger partial charge < -0.3 is 19.5 Å². The van der Waals surface area contributed by atoms with Gasteiger partial charge in [-0.05, 0) is 94.7 Å². The molecule has 0 bridgehead atoms. The number of ether oxygens (including phenoxy) is 3. The van der Waals surface area contributed by atoms with Crippen molar-refractivity contribution >= 4 is 80.3 Å². The van der Waals surface area contributed by atoms with Crippen LogP contribution in [-0.2, 0) is 21.0 Å². The first kappa shape index (κ1) is 33.5. The highest BCUT2D eigenvalue weighted by molar-refractivity contribution is 9.10. The molecule has 4 aromatic rings. The third kappa shape index (κ3) is 8.31. The lowest BCUT2D eigenvalue weighted by Gasteiger charge is -2.26. The third-order valence-electron chi connectivity index (χ3n) is 6.64. The lowest BCUT2D eigenvalue weighted by atomic mass is 10.1. The van der Waals surface area contributed by atoms with E-state index in [4.69, 9.17) is 37.4 Å². The van der Waals surface area contributed by atoms with E-state index in [9.17, 15) is 19.2 Å². The van der Waals surface area contributed by atoms with Crippen molar-refractivity contribution in [1.29, 1.82) is 0 Å². The number of nitrogens with one attached hydrogen (secondary N) is 2. The van der Waals surface area contributed by atoms with Crippen molar-refractivity contribution in [3.8, 4) is 17.2 Å². The molecule has 0 aromatic heterocycles. The maximum Gasteiger partial charge on any atom is 0.335 e. The zero-order chi connectivity index (χ0) is 33.5. The second kappa shape index (κ2) is 15.2. The fourth-order valence-corrected chi connectivity index (χ4v) is 5.35. The van der Waals surface area contributed by atoms with E-state index < -0.39 is 23.8 Å². The summed E-state index contributed by atoms with van der Waals surface area (Å²) in [7, 11) is 0. The Labute approximate surface area is 288 Å². The van der Waals surface area contributed by atoms with Gasteiger partial charge in [0, 0.05) is 5.69 Å². The lowest BCUT2D eigenvalue weighted by Crippen LogP contribution is -2.54. The highest BCUT2D eigenvalue weighted by Crippen LogP contribution is 2.38. The predicted molar refractivity (Wildman–Crippen MR) is 182 cm³/mol. The summed E-state index contributed by atoms with van der Waals surface area (Å²) in [5, 5.41) is 5.53. The standard InChI is InChI=1S/C34H26BrCl2N3O7/c1-2-45-29-16-21(15-26(35)31(29)47-19-30(41)38-22-8-13-27(36)28(37)17-22)14-25-32(42)39-34(44)40(33(25)43)23-9-11-24(12-10-23)46-18-20-6-4-3-5-7-20/h3-17H,2,18-19H2,1H3,(H,38,41)(H,39,42,44)/b25-14-. The molecule has 0 unspecified atom stereocenters. The Hall–Kier alpha value is -4.84. The van der Waals surface area contributed by atoms with Crippen molar-refractivity contribution < 1.29 is 33.4 Å². The van der Waals surface area contributed by atoms with Crippen LogP contribution in [0.1, 0.15) is 18.1 Å². The summed E-state index contributed by atoms with van der Waals surface area (Å²) in [6.45, 7) is 2.00. The normalized spacial score (nSPS) is 13.7. The largest absolute Gasteiger partial charge is 0.490 e. The quantitative estimate of drug-likeness (QED) is 0.121. The molecule has 47 heavy (non-hydrogen) atoms. The van der Waals surface area contributed by atoms with Crippen LogP contribution >= 0.6 is 39.1 Å². The number of amides is 5. The van der Waals surface area contributed by atoms with Crippen LogP contribution in [0.2, 0.25) is 10.0 Å². The number of urea groups is 1. The summed E-state index contributed by atoms with van der Waals surface area (Å²) >= 11 is 15.4. The molecule has 5 rings (SSSR count). The van der Waals surface area contributed by atoms with Crippen LogP contribution in [-0.4, -0.2) is 37.0 Å². The molecule has 5 amide bonds. The smallest absolute Gasteiger partial charge is 0.335 e. The average Bonchev–Trinajstić information content (AvgIpc) is 3.04. The fourth-order valence-electron chi connectivity index (χ4n) is 4.47. The van der Waals surface area contributed by atoms with Crippen molar-refractivity contribution in [3.63, 3.8) is 0 Å². The second-order valence-electron chi connectivity index (χ2n) is 9.95. The van der Waals surface area contributed by atoms with Crippen molar-refractivity contribution in [2.24, 2.45) is 0 Å². The Morgan fingerprint density at radius 3 is 2.36 bits per heavy atom. The number of barbiturate groups is 1. The third-order valence-corrected chi connectivity index (χ3v) is 7.97. The number of rotatable bonds is 11. The van der Waals surface area contributed by atoms with Crippen LogP contribution in [0.3, 0.4) is 0 Å². The summed E-state index contributed by atoms with van der Waals surface area (Å²) in [6, 6.07) is 22.9. The van der Waals surface area contributed by atoms with Crippen LogP contribution in [0.5, 0.6) is 17.2 Å². The molecular weight excluding hydrogens is 713 g/mol. The Morgan fingerprint density at radius 2 is 1.66 bits per heavy atom. The van der Waals surface area contributed by atoms with Crippen LogP contribution in [0.25, 0.3) is 6.08 Å². The maximum atomic E-state index is 13.5. The average molecular weight is 739 g/mol. The van der Waals surface area contributed by atoms with Gasteiger partial charge in [0.1, 0.15) is 17.9 Å². The molecule has 0 aliphatic carbocycles. The van der Waals surface area contributed by atoms with E-state index in [2.05, 4.69) is 26.6 Å². The second-order valence-corrected chi connectivity index (χ2v) is 11.6. The van der Waals surface area contributed by atoms with E-state index in [1.54, 1.807) is 55.5 Å². The van der Waals surface area contributed by atoms with E-state index in [0.717, 1.165) is 10.5 Å². The molecule has 240 valence electrons. The van der Waals surface area contributed by atoms with E-state index >= 15 is 0 Å². The minimum Gasteiger partial charge on any atom is -0.490 e. The maximum absolute atomic E-state index is 13.5. The number of nitrogens with zero attached hydrogens (tertiary/aromatic N) is 1. The van der Waals surface area contributed by atoms with E-state index in [1.165, 1.54) is 12.1 Å². The Kier molecular flexibility index (Phi) is 10.8. The topological polar surface area (TPSA) is 123 Å². The molecule has 0 spiro atoms. The van der Waals surface area contributed by atoms with Gasteiger partial charge in [0.15, 0.2) is 18.1 Å². The van der Waals surface area contributed by atoms with E-state index in [-0.39, 0.29) is 41.0 Å². The molecular formula is C34H26BrCl2N3O7. The zero-order valence-corrected chi connectivity index (χ0v) is 27.8. The van der Waals surface area contributed by atoms with Gasteiger partial charge >= 0.3 is 6.03 Å². The zero-order valence-electron chi connectivity index (χ0n) is 24.7. The number of benzene rings is 4. The fraction of sp³-hybridized carbons (Fsp3) is 0.118. The highest BCUT2D eigenvalue weighted by atomic mass is 79.9. The summed E-state index contributed by atoms with van der Waals surface area (Å²) in [6.07, 6.45) is 1.34. The van der Waals surface area contributed by atoms with Crippen molar-refractivity contribution in [2.75, 3.05) is 23.4 Å². The molecule has 1 saturated heterocycles. The molecule has 10 nitrogen and oxygen atoms in total. The minimum atomic E-state index is -0.880. The number of hydrogen-bond acceptors (Lipinski definition) is 7. The molecule has 1 fully saturated rings. The minimum absolute atomic E-state index is 0.226. The summed E-state index contributed by atoms with van der Waals surface area (Å²) < 4.78 is 17.7. The number of anilines is 2. The van der Waals surface area contributed by atoms with Crippen molar-refractivity contribution in [3.05, 3.63) is 116 Å². The van der Waals surface area contributed by atoms with Gasteiger partial charge in [-0.3, -0.25) is 19.7 Å². The van der Waals surface area contributed by atoms with E-state index in [1.807, 2.05) is 30.3 Å². The van der Waals surface area contributed by atoms with E-state index in [0.29, 0.717) is 33.1 Å². The van der Waals surface area contributed by atoms with Crippen LogP contribution in [0.15, 0.2) is 95.0 Å². The number of carbonyl (C=O) groups excluding carboxylic acids is 4. The summed E-state index contributed by atoms with van der Waals surface area (Å²) in [5.41, 5.74) is 1.79. The van der Waals surface area contributed by atoms with Gasteiger partial charge in [-0.2, -0.15) is 0 Å². The molecule has 0 atom stereocenters. The van der Waals surface area contributed by atoms with Gasteiger partial charge in [0.2, 0.25) is 0 Å². The number of hydrogen-bond donors (Lipinski definition) is 2. The lowest BCUT2D eigenvalue weighted by molar-refractivity contribution is -0.122. The molecule has 2 N–H and O–H groups in total. The van der Waals surface area contributed by atoms with Crippen LogP contribution in [0, 0.1) is 0 Å². The summed E-state index contributed by atoms with van der Waals surface area (Å²) in [4.78, 5) is 52.5. The number of halogens is 3. The monoisotopic (exact) mass is 737 g/mol. The SMILES string of the molecule is CCOc1cc(/C=C2/C(=O)NC(=O)N(c3ccc(OCc4ccccc4)cc3)C2=O)cc(Br)c1OCC(=O)Nc1ccc(Cl)c(Cl)c1. The van der Waals surface area contributed by atoms with Crippen molar-refractivity contribution in [1.82, 2.24) is 5.32 Å². The van der Waals surface area contributed by atoms with Crippen LogP contribution < -0.4 is 29.7 Å². The van der Waals surface area contributed by atoms with Gasteiger partial charge in [-0.15, -0.1) is 0 Å². The molecule has 0 saturated carbocycles. The Balaban J connectivity index is 1.32. The van der Waals surface area contributed by atoms with Crippen LogP contribution in [0.4, 0.5) is 16.2 Å². The first-order valence-electron chi connectivity index (χ1n) is 14.1. The first-order valence-corrected chi connectivity index (χ1v) is 15.7. The number of imide groups is 2. The molecule has 1 aliphatic rings. The molecule has 13 heteroatoms. The number of carbonyl (C=O) groups is 4. The Bertz CT molecular complexity index is 1870. The van der Waals surface area contributed by atoms with Crippen molar-refractivity contribution in [2.45, 2.75) is 13.5 Å². The Morgan fingerprint density at radius 1 is 0.915 bits per heavy atom. The summed E-state index contributed by atoms with van der Waals surface area (Å²) in [5.74, 6) is -1.12. The molecule has 4 aromatic carbocycles. The van der Waals surface area contributed by atoms with Gasteiger partial charge in [0.25, 0.3) is 17.7 Å².